The van der Waals surface area contributed by atoms with E-state index in [-0.39, 0.29) is 0 Å². The van der Waals surface area contributed by atoms with Gasteiger partial charge in [0.2, 0.25) is 0 Å². The summed E-state index contributed by atoms with van der Waals surface area (Å²) in [5.41, 5.74) is 8.08. The summed E-state index contributed by atoms with van der Waals surface area (Å²) in [6.07, 6.45) is 2.67. The third-order valence-corrected chi connectivity index (χ3v) is 3.37. The van der Waals surface area contributed by atoms with E-state index in [4.69, 9.17) is 11.0 Å². The summed E-state index contributed by atoms with van der Waals surface area (Å²) in [6, 6.07) is 8.24. The number of anilines is 2. The number of nitrogens with one attached hydrogen (secondary N) is 1. The number of nitrogens with two attached hydrogens (primary N) is 1. The van der Waals surface area contributed by atoms with E-state index in [9.17, 15) is 0 Å². The molecule has 0 radical (unpaired) electrons. The van der Waals surface area contributed by atoms with E-state index >= 15 is 0 Å². The SMILES string of the molecule is CCN(CCNc1cc(C#N)ccc1N)C1CC1. The third kappa shape index (κ3) is 3.14. The molecule has 1 aliphatic rings. The zero-order valence-corrected chi connectivity index (χ0v) is 10.8. The lowest BCUT2D eigenvalue weighted by Crippen LogP contribution is -2.31. The predicted molar refractivity (Wildman–Crippen MR) is 74.3 cm³/mol. The fourth-order valence-electron chi connectivity index (χ4n) is 2.15. The minimum atomic E-state index is 0.640. The highest BCUT2D eigenvalue weighted by Crippen LogP contribution is 2.26. The minimum Gasteiger partial charge on any atom is -0.397 e. The maximum Gasteiger partial charge on any atom is 0.0992 e. The molecular weight excluding hydrogens is 224 g/mol. The van der Waals surface area contributed by atoms with Gasteiger partial charge in [-0.1, -0.05) is 6.92 Å². The van der Waals surface area contributed by atoms with Crippen molar-refractivity contribution in [2.45, 2.75) is 25.8 Å². The minimum absolute atomic E-state index is 0.640. The van der Waals surface area contributed by atoms with Crippen LogP contribution in [-0.2, 0) is 0 Å². The largest absolute Gasteiger partial charge is 0.397 e. The van der Waals surface area contributed by atoms with Crippen LogP contribution in [0.3, 0.4) is 0 Å². The zero-order valence-electron chi connectivity index (χ0n) is 10.8. The van der Waals surface area contributed by atoms with Crippen LogP contribution < -0.4 is 11.1 Å². The smallest absolute Gasteiger partial charge is 0.0992 e. The van der Waals surface area contributed by atoms with E-state index in [2.05, 4.69) is 23.2 Å². The summed E-state index contributed by atoms with van der Waals surface area (Å²) in [5.74, 6) is 0. The number of nitrogen functional groups attached to an aromatic ring is 1. The molecule has 0 atom stereocenters. The molecule has 0 unspecified atom stereocenters. The van der Waals surface area contributed by atoms with E-state index in [1.807, 2.05) is 6.07 Å². The van der Waals surface area contributed by atoms with Crippen molar-refractivity contribution in [1.82, 2.24) is 4.90 Å². The number of hydrogen-bond donors (Lipinski definition) is 2. The Labute approximate surface area is 108 Å². The summed E-state index contributed by atoms with van der Waals surface area (Å²) in [6.45, 7) is 5.18. The second kappa shape index (κ2) is 5.74. The number of rotatable bonds is 6. The van der Waals surface area contributed by atoms with Gasteiger partial charge in [-0.15, -0.1) is 0 Å². The topological polar surface area (TPSA) is 65.1 Å². The normalized spacial score (nSPS) is 14.5. The molecule has 18 heavy (non-hydrogen) atoms. The lowest BCUT2D eigenvalue weighted by molar-refractivity contribution is 0.289. The number of hydrogen-bond acceptors (Lipinski definition) is 4. The lowest BCUT2D eigenvalue weighted by atomic mass is 10.2. The van der Waals surface area contributed by atoms with Crippen molar-refractivity contribution in [3.05, 3.63) is 23.8 Å². The highest BCUT2D eigenvalue weighted by atomic mass is 15.2. The Morgan fingerprint density at radius 3 is 2.89 bits per heavy atom. The number of benzene rings is 1. The second-order valence-electron chi connectivity index (χ2n) is 4.70. The zero-order chi connectivity index (χ0) is 13.0. The van der Waals surface area contributed by atoms with Gasteiger partial charge >= 0.3 is 0 Å². The Bertz CT molecular complexity index is 446. The Hall–Kier alpha value is -1.73. The van der Waals surface area contributed by atoms with Crippen LogP contribution in [0.15, 0.2) is 18.2 Å². The number of nitrogens with zero attached hydrogens (tertiary/aromatic N) is 2. The van der Waals surface area contributed by atoms with Crippen molar-refractivity contribution in [2.75, 3.05) is 30.7 Å². The fraction of sp³-hybridized carbons (Fsp3) is 0.500. The highest BCUT2D eigenvalue weighted by molar-refractivity contribution is 5.68. The van der Waals surface area contributed by atoms with E-state index < -0.39 is 0 Å². The van der Waals surface area contributed by atoms with Gasteiger partial charge in [-0.05, 0) is 37.6 Å². The highest BCUT2D eigenvalue weighted by Gasteiger charge is 2.27. The maximum absolute atomic E-state index is 8.86. The molecular formula is C14H20N4. The molecule has 1 aliphatic carbocycles. The molecule has 1 aromatic rings. The number of likely N-dealkylation sites (N-methyl/N-ethyl adjacent to an activating group) is 1. The standard InChI is InChI=1S/C14H20N4/c1-2-18(12-4-5-12)8-7-17-14-9-11(10-15)3-6-13(14)16/h3,6,9,12,17H,2,4-5,7-8,16H2,1H3. The first-order chi connectivity index (χ1) is 8.74. The maximum atomic E-state index is 8.86. The van der Waals surface area contributed by atoms with Gasteiger partial charge in [0.1, 0.15) is 0 Å². The molecule has 1 saturated carbocycles. The molecule has 0 heterocycles. The molecule has 4 heteroatoms. The van der Waals surface area contributed by atoms with Gasteiger partial charge < -0.3 is 11.1 Å². The van der Waals surface area contributed by atoms with Crippen LogP contribution in [0.1, 0.15) is 25.3 Å². The summed E-state index contributed by atoms with van der Waals surface area (Å²) in [7, 11) is 0. The van der Waals surface area contributed by atoms with Crippen molar-refractivity contribution in [1.29, 1.82) is 5.26 Å². The first-order valence-corrected chi connectivity index (χ1v) is 6.52. The Kier molecular flexibility index (Phi) is 4.06. The first kappa shape index (κ1) is 12.7. The molecule has 1 fully saturated rings. The van der Waals surface area contributed by atoms with E-state index in [0.717, 1.165) is 31.4 Å². The average Bonchev–Trinajstić information content (AvgIpc) is 3.21. The number of nitriles is 1. The second-order valence-corrected chi connectivity index (χ2v) is 4.70. The molecule has 3 N–H and O–H groups in total. The molecule has 0 saturated heterocycles. The van der Waals surface area contributed by atoms with Crippen LogP contribution in [0.5, 0.6) is 0 Å². The van der Waals surface area contributed by atoms with Crippen molar-refractivity contribution in [2.24, 2.45) is 0 Å². The predicted octanol–water partition coefficient (Wildman–Crippen LogP) is 2.04. The van der Waals surface area contributed by atoms with Gasteiger partial charge in [0.25, 0.3) is 0 Å². The van der Waals surface area contributed by atoms with Crippen molar-refractivity contribution >= 4 is 11.4 Å². The monoisotopic (exact) mass is 244 g/mol. The van der Waals surface area contributed by atoms with Crippen LogP contribution in [-0.4, -0.2) is 30.6 Å². The van der Waals surface area contributed by atoms with Crippen LogP contribution in [0, 0.1) is 11.3 Å². The van der Waals surface area contributed by atoms with Gasteiger partial charge in [0, 0.05) is 19.1 Å². The van der Waals surface area contributed by atoms with Crippen LogP contribution in [0.4, 0.5) is 11.4 Å². The van der Waals surface area contributed by atoms with Crippen LogP contribution in [0.2, 0.25) is 0 Å². The van der Waals surface area contributed by atoms with Gasteiger partial charge in [-0.3, -0.25) is 4.90 Å². The van der Waals surface area contributed by atoms with Gasteiger partial charge in [0.05, 0.1) is 23.0 Å². The first-order valence-electron chi connectivity index (χ1n) is 6.52. The summed E-state index contributed by atoms with van der Waals surface area (Å²) < 4.78 is 0. The molecule has 0 aliphatic heterocycles. The molecule has 0 aromatic heterocycles. The quantitative estimate of drug-likeness (QED) is 0.752. The molecule has 4 nitrogen and oxygen atoms in total. The summed E-state index contributed by atoms with van der Waals surface area (Å²) in [5, 5.41) is 12.2. The van der Waals surface area contributed by atoms with Crippen molar-refractivity contribution in [3.8, 4) is 6.07 Å². The summed E-state index contributed by atoms with van der Waals surface area (Å²) in [4.78, 5) is 2.48. The van der Waals surface area contributed by atoms with Crippen molar-refractivity contribution < 1.29 is 0 Å². The van der Waals surface area contributed by atoms with Crippen molar-refractivity contribution in [3.63, 3.8) is 0 Å². The van der Waals surface area contributed by atoms with E-state index in [1.54, 1.807) is 12.1 Å². The summed E-state index contributed by atoms with van der Waals surface area (Å²) >= 11 is 0. The molecule has 0 spiro atoms. The molecule has 96 valence electrons. The molecule has 0 bridgehead atoms. The van der Waals surface area contributed by atoms with Crippen LogP contribution >= 0.6 is 0 Å². The average molecular weight is 244 g/mol. The van der Waals surface area contributed by atoms with E-state index in [0.29, 0.717) is 11.3 Å². The van der Waals surface area contributed by atoms with Crippen LogP contribution in [0.25, 0.3) is 0 Å². The van der Waals surface area contributed by atoms with Gasteiger partial charge in [-0.2, -0.15) is 5.26 Å². The fourth-order valence-corrected chi connectivity index (χ4v) is 2.15. The Balaban J connectivity index is 1.87. The Morgan fingerprint density at radius 1 is 1.50 bits per heavy atom. The van der Waals surface area contributed by atoms with Gasteiger partial charge in [-0.25, -0.2) is 0 Å². The molecule has 1 aromatic carbocycles. The third-order valence-electron chi connectivity index (χ3n) is 3.37. The Morgan fingerprint density at radius 2 is 2.28 bits per heavy atom. The van der Waals surface area contributed by atoms with Gasteiger partial charge in [0.15, 0.2) is 0 Å². The molecule has 2 rings (SSSR count). The molecule has 0 amide bonds. The lowest BCUT2D eigenvalue weighted by Gasteiger charge is -2.20. The van der Waals surface area contributed by atoms with E-state index in [1.165, 1.54) is 12.8 Å².